The second-order valence-electron chi connectivity index (χ2n) is 4.49. The van der Waals surface area contributed by atoms with E-state index in [1.807, 2.05) is 19.9 Å². The lowest BCUT2D eigenvalue weighted by Crippen LogP contribution is -2.16. The highest BCUT2D eigenvalue weighted by molar-refractivity contribution is 6.34. The van der Waals surface area contributed by atoms with Gasteiger partial charge < -0.3 is 10.6 Å². The predicted octanol–water partition coefficient (Wildman–Crippen LogP) is 3.87. The number of aryl methyl sites for hydroxylation is 1. The number of halogens is 2. The van der Waals surface area contributed by atoms with Gasteiger partial charge in [-0.05, 0) is 37.6 Å². The molecule has 4 nitrogen and oxygen atoms in total. The molecule has 0 atom stereocenters. The van der Waals surface area contributed by atoms with Crippen LogP contribution in [0.4, 0.5) is 15.9 Å². The van der Waals surface area contributed by atoms with Crippen LogP contribution in [0.2, 0.25) is 5.02 Å². The number of carbonyl (C=O) groups is 1. The van der Waals surface area contributed by atoms with Gasteiger partial charge in [0.25, 0.3) is 5.91 Å². The van der Waals surface area contributed by atoms with Gasteiger partial charge >= 0.3 is 0 Å². The minimum Gasteiger partial charge on any atom is -0.368 e. The Balaban J connectivity index is 2.26. The molecule has 0 radical (unpaired) electrons. The standard InChI is InChI=1S/C15H15ClFN3O/c1-3-18-14-13(17)10(6-7-19-14)15(21)20-12-5-4-9(2)8-11(12)16/h4-8H,3H2,1-2H3,(H,18,19)(H,20,21). The first-order valence-corrected chi connectivity index (χ1v) is 6.86. The summed E-state index contributed by atoms with van der Waals surface area (Å²) in [5, 5.41) is 5.77. The van der Waals surface area contributed by atoms with Gasteiger partial charge in [0.1, 0.15) is 0 Å². The second kappa shape index (κ2) is 6.54. The Morgan fingerprint density at radius 2 is 2.14 bits per heavy atom. The molecule has 0 saturated heterocycles. The average molecular weight is 308 g/mol. The van der Waals surface area contributed by atoms with Crippen molar-refractivity contribution < 1.29 is 9.18 Å². The Kier molecular flexibility index (Phi) is 4.75. The second-order valence-corrected chi connectivity index (χ2v) is 4.90. The topological polar surface area (TPSA) is 54.0 Å². The van der Waals surface area contributed by atoms with Crippen molar-refractivity contribution in [3.63, 3.8) is 0 Å². The largest absolute Gasteiger partial charge is 0.368 e. The molecule has 6 heteroatoms. The summed E-state index contributed by atoms with van der Waals surface area (Å²) in [6.45, 7) is 4.22. The molecule has 0 spiro atoms. The van der Waals surface area contributed by atoms with Crippen LogP contribution in [-0.2, 0) is 0 Å². The Bertz CT molecular complexity index is 676. The molecule has 0 unspecified atom stereocenters. The van der Waals surface area contributed by atoms with Gasteiger partial charge in [-0.2, -0.15) is 0 Å². The van der Waals surface area contributed by atoms with Gasteiger partial charge in [-0.15, -0.1) is 0 Å². The fraction of sp³-hybridized carbons (Fsp3) is 0.200. The van der Waals surface area contributed by atoms with E-state index in [0.717, 1.165) is 5.56 Å². The molecular weight excluding hydrogens is 293 g/mol. The molecule has 0 bridgehead atoms. The van der Waals surface area contributed by atoms with Gasteiger partial charge in [-0.25, -0.2) is 9.37 Å². The Morgan fingerprint density at radius 1 is 1.38 bits per heavy atom. The first-order valence-electron chi connectivity index (χ1n) is 6.48. The molecule has 2 rings (SSSR count). The van der Waals surface area contributed by atoms with Gasteiger partial charge in [-0.1, -0.05) is 17.7 Å². The summed E-state index contributed by atoms with van der Waals surface area (Å²) < 4.78 is 14.2. The molecule has 0 aliphatic carbocycles. The number of anilines is 2. The number of hydrogen-bond acceptors (Lipinski definition) is 3. The van der Waals surface area contributed by atoms with Crippen molar-refractivity contribution >= 4 is 29.0 Å². The molecule has 2 N–H and O–H groups in total. The molecule has 1 aromatic heterocycles. The van der Waals surface area contributed by atoms with E-state index in [1.54, 1.807) is 12.1 Å². The molecule has 0 aliphatic rings. The smallest absolute Gasteiger partial charge is 0.258 e. The Morgan fingerprint density at radius 3 is 2.81 bits per heavy atom. The third-order valence-electron chi connectivity index (χ3n) is 2.85. The van der Waals surface area contributed by atoms with Gasteiger partial charge in [0.05, 0.1) is 16.3 Å². The third kappa shape index (κ3) is 3.49. The number of pyridine rings is 1. The van der Waals surface area contributed by atoms with Crippen LogP contribution in [0.15, 0.2) is 30.5 Å². The maximum atomic E-state index is 14.2. The SMILES string of the molecule is CCNc1nccc(C(=O)Nc2ccc(C)cc2Cl)c1F. The maximum Gasteiger partial charge on any atom is 0.258 e. The summed E-state index contributed by atoms with van der Waals surface area (Å²) in [7, 11) is 0. The van der Waals surface area contributed by atoms with E-state index >= 15 is 0 Å². The van der Waals surface area contributed by atoms with Crippen molar-refractivity contribution in [1.29, 1.82) is 0 Å². The summed E-state index contributed by atoms with van der Waals surface area (Å²) in [6.07, 6.45) is 1.38. The highest BCUT2D eigenvalue weighted by Gasteiger charge is 2.16. The van der Waals surface area contributed by atoms with E-state index < -0.39 is 11.7 Å². The van der Waals surface area contributed by atoms with E-state index in [4.69, 9.17) is 11.6 Å². The molecule has 110 valence electrons. The number of hydrogen-bond donors (Lipinski definition) is 2. The molecule has 0 aliphatic heterocycles. The van der Waals surface area contributed by atoms with Crippen LogP contribution in [0.25, 0.3) is 0 Å². The molecule has 21 heavy (non-hydrogen) atoms. The molecule has 2 aromatic rings. The van der Waals surface area contributed by atoms with E-state index in [1.165, 1.54) is 12.3 Å². The average Bonchev–Trinajstić information content (AvgIpc) is 2.44. The lowest BCUT2D eigenvalue weighted by atomic mass is 10.2. The Hall–Kier alpha value is -2.14. The summed E-state index contributed by atoms with van der Waals surface area (Å²) in [5.41, 5.74) is 1.33. The van der Waals surface area contributed by atoms with Crippen molar-refractivity contribution in [1.82, 2.24) is 4.98 Å². The number of aromatic nitrogens is 1. The van der Waals surface area contributed by atoms with Crippen LogP contribution in [0.1, 0.15) is 22.8 Å². The quantitative estimate of drug-likeness (QED) is 0.901. The van der Waals surface area contributed by atoms with Crippen LogP contribution in [0, 0.1) is 12.7 Å². The summed E-state index contributed by atoms with van der Waals surface area (Å²) in [6, 6.07) is 6.55. The fourth-order valence-corrected chi connectivity index (χ4v) is 2.10. The number of benzene rings is 1. The number of nitrogens with zero attached hydrogens (tertiary/aromatic N) is 1. The number of nitrogens with one attached hydrogen (secondary N) is 2. The lowest BCUT2D eigenvalue weighted by Gasteiger charge is -2.10. The monoisotopic (exact) mass is 307 g/mol. The van der Waals surface area contributed by atoms with Crippen molar-refractivity contribution in [3.05, 3.63) is 52.4 Å². The molecule has 0 fully saturated rings. The Labute approximate surface area is 127 Å². The van der Waals surface area contributed by atoms with Gasteiger partial charge in [-0.3, -0.25) is 4.79 Å². The summed E-state index contributed by atoms with van der Waals surface area (Å²) >= 11 is 6.05. The van der Waals surface area contributed by atoms with Crippen LogP contribution < -0.4 is 10.6 Å². The molecule has 1 aromatic carbocycles. The van der Waals surface area contributed by atoms with Crippen LogP contribution in [0.5, 0.6) is 0 Å². The van der Waals surface area contributed by atoms with Crippen molar-refractivity contribution in [3.8, 4) is 0 Å². The van der Waals surface area contributed by atoms with E-state index in [2.05, 4.69) is 15.6 Å². The lowest BCUT2D eigenvalue weighted by molar-refractivity contribution is 0.102. The zero-order chi connectivity index (χ0) is 15.4. The molecule has 1 heterocycles. The van der Waals surface area contributed by atoms with E-state index in [-0.39, 0.29) is 11.4 Å². The van der Waals surface area contributed by atoms with Gasteiger partial charge in [0.2, 0.25) is 0 Å². The maximum absolute atomic E-state index is 14.2. The highest BCUT2D eigenvalue weighted by atomic mass is 35.5. The molecule has 1 amide bonds. The summed E-state index contributed by atoms with van der Waals surface area (Å²) in [4.78, 5) is 16.0. The van der Waals surface area contributed by atoms with E-state index in [0.29, 0.717) is 17.3 Å². The molecular formula is C15H15ClFN3O. The number of rotatable bonds is 4. The van der Waals surface area contributed by atoms with Crippen molar-refractivity contribution in [2.45, 2.75) is 13.8 Å². The van der Waals surface area contributed by atoms with Gasteiger partial charge in [0, 0.05) is 12.7 Å². The van der Waals surface area contributed by atoms with Crippen LogP contribution in [-0.4, -0.2) is 17.4 Å². The fourth-order valence-electron chi connectivity index (χ4n) is 1.82. The van der Waals surface area contributed by atoms with Crippen LogP contribution in [0.3, 0.4) is 0 Å². The zero-order valence-corrected chi connectivity index (χ0v) is 12.5. The van der Waals surface area contributed by atoms with Crippen molar-refractivity contribution in [2.75, 3.05) is 17.2 Å². The highest BCUT2D eigenvalue weighted by Crippen LogP contribution is 2.24. The minimum atomic E-state index is -0.680. The minimum absolute atomic E-state index is 0.0557. The third-order valence-corrected chi connectivity index (χ3v) is 3.16. The van der Waals surface area contributed by atoms with Crippen molar-refractivity contribution in [2.24, 2.45) is 0 Å². The normalized spacial score (nSPS) is 10.3. The molecule has 0 saturated carbocycles. The summed E-state index contributed by atoms with van der Waals surface area (Å²) in [5.74, 6) is -1.19. The van der Waals surface area contributed by atoms with Crippen LogP contribution >= 0.6 is 11.6 Å². The number of carbonyl (C=O) groups excluding carboxylic acids is 1. The first-order chi connectivity index (χ1) is 10.0. The van der Waals surface area contributed by atoms with E-state index in [9.17, 15) is 9.18 Å². The zero-order valence-electron chi connectivity index (χ0n) is 11.7. The predicted molar refractivity (Wildman–Crippen MR) is 82.5 cm³/mol. The van der Waals surface area contributed by atoms with Gasteiger partial charge in [0.15, 0.2) is 11.6 Å². The first kappa shape index (κ1) is 15.3. The number of amides is 1.